The lowest BCUT2D eigenvalue weighted by Gasteiger charge is -2.11. The van der Waals surface area contributed by atoms with Crippen molar-refractivity contribution in [2.75, 3.05) is 19.6 Å². The summed E-state index contributed by atoms with van der Waals surface area (Å²) < 4.78 is 48.9. The molecule has 0 bridgehead atoms. The lowest BCUT2D eigenvalue weighted by atomic mass is 10.1. The zero-order valence-electron chi connectivity index (χ0n) is 13.6. The van der Waals surface area contributed by atoms with Gasteiger partial charge in [-0.3, -0.25) is 4.99 Å². The first kappa shape index (κ1) is 22.9. The third-order valence-electron chi connectivity index (χ3n) is 3.10. The predicted octanol–water partition coefficient (Wildman–Crippen LogP) is 4.27. The number of benzene rings is 1. The first-order chi connectivity index (χ1) is 10.9. The van der Waals surface area contributed by atoms with Crippen LogP contribution in [0.4, 0.5) is 17.6 Å². The topological polar surface area (TPSA) is 36.4 Å². The Labute approximate surface area is 157 Å². The predicted molar refractivity (Wildman–Crippen MR) is 99.4 cm³/mol. The van der Waals surface area contributed by atoms with Crippen molar-refractivity contribution in [2.24, 2.45) is 4.99 Å². The number of hydrogen-bond acceptors (Lipinski definition) is 1. The fraction of sp³-hybridized carbons (Fsp3) is 0.562. The summed E-state index contributed by atoms with van der Waals surface area (Å²) in [6.07, 6.45) is -3.67. The van der Waals surface area contributed by atoms with Gasteiger partial charge in [0, 0.05) is 26.1 Å². The molecule has 0 fully saturated rings. The van der Waals surface area contributed by atoms with Crippen LogP contribution in [0.15, 0.2) is 29.3 Å². The van der Waals surface area contributed by atoms with E-state index in [1.165, 1.54) is 12.1 Å². The van der Waals surface area contributed by atoms with Gasteiger partial charge in [0.2, 0.25) is 0 Å². The fourth-order valence-electron chi connectivity index (χ4n) is 1.95. The number of alkyl halides is 3. The average Bonchev–Trinajstić information content (AvgIpc) is 2.47. The number of halogens is 5. The minimum atomic E-state index is -4.10. The Bertz CT molecular complexity index is 475. The van der Waals surface area contributed by atoms with Crippen molar-refractivity contribution >= 4 is 29.9 Å². The van der Waals surface area contributed by atoms with Gasteiger partial charge in [-0.1, -0.05) is 12.1 Å². The highest BCUT2D eigenvalue weighted by Gasteiger charge is 2.25. The number of unbranched alkanes of at least 4 members (excludes halogenated alkanes) is 1. The van der Waals surface area contributed by atoms with Crippen molar-refractivity contribution < 1.29 is 17.6 Å². The monoisotopic (exact) mass is 461 g/mol. The van der Waals surface area contributed by atoms with Gasteiger partial charge in [0.1, 0.15) is 5.82 Å². The standard InChI is InChI=1S/C16H23F4N3.HI/c1-2-21-15(22-11-4-3-10-16(18,19)20)23-12-9-13-5-7-14(17)8-6-13;/h5-8H,2-4,9-12H2,1H3,(H2,21,22,23);1H. The molecule has 0 aliphatic heterocycles. The molecule has 0 heterocycles. The first-order valence-electron chi connectivity index (χ1n) is 7.74. The van der Waals surface area contributed by atoms with E-state index in [2.05, 4.69) is 15.6 Å². The zero-order valence-corrected chi connectivity index (χ0v) is 16.0. The lowest BCUT2D eigenvalue weighted by molar-refractivity contribution is -0.135. The highest BCUT2D eigenvalue weighted by atomic mass is 127. The van der Waals surface area contributed by atoms with Crippen molar-refractivity contribution in [1.82, 2.24) is 10.6 Å². The largest absolute Gasteiger partial charge is 0.389 e. The molecule has 0 radical (unpaired) electrons. The molecule has 0 atom stereocenters. The summed E-state index contributed by atoms with van der Waals surface area (Å²) in [5, 5.41) is 6.16. The van der Waals surface area contributed by atoms with E-state index in [0.717, 1.165) is 5.56 Å². The molecule has 0 unspecified atom stereocenters. The van der Waals surface area contributed by atoms with E-state index in [1.807, 2.05) is 6.92 Å². The van der Waals surface area contributed by atoms with E-state index in [0.29, 0.717) is 38.4 Å². The second-order valence-corrected chi connectivity index (χ2v) is 5.14. The van der Waals surface area contributed by atoms with Gasteiger partial charge in [-0.2, -0.15) is 13.2 Å². The van der Waals surface area contributed by atoms with E-state index in [4.69, 9.17) is 0 Å². The molecule has 24 heavy (non-hydrogen) atoms. The van der Waals surface area contributed by atoms with Crippen LogP contribution in [0.25, 0.3) is 0 Å². The summed E-state index contributed by atoms with van der Waals surface area (Å²) in [6, 6.07) is 6.26. The van der Waals surface area contributed by atoms with Crippen LogP contribution >= 0.6 is 24.0 Å². The van der Waals surface area contributed by atoms with Crippen LogP contribution in [0.2, 0.25) is 0 Å². The van der Waals surface area contributed by atoms with Crippen LogP contribution in [0, 0.1) is 5.82 Å². The molecule has 0 saturated carbocycles. The number of aliphatic imine (C=N–C) groups is 1. The van der Waals surface area contributed by atoms with E-state index in [1.54, 1.807) is 12.1 Å². The van der Waals surface area contributed by atoms with E-state index >= 15 is 0 Å². The first-order valence-corrected chi connectivity index (χ1v) is 7.74. The molecule has 0 saturated heterocycles. The summed E-state index contributed by atoms with van der Waals surface area (Å²) in [5.41, 5.74) is 1.000. The van der Waals surface area contributed by atoms with Crippen molar-refractivity contribution in [1.29, 1.82) is 0 Å². The SMILES string of the molecule is CCNC(=NCCCCC(F)(F)F)NCCc1ccc(F)cc1.I. The summed E-state index contributed by atoms with van der Waals surface area (Å²) in [7, 11) is 0. The molecule has 1 aromatic carbocycles. The molecule has 8 heteroatoms. The molecule has 1 aromatic rings. The zero-order chi connectivity index (χ0) is 17.1. The highest BCUT2D eigenvalue weighted by molar-refractivity contribution is 14.0. The third-order valence-corrected chi connectivity index (χ3v) is 3.10. The van der Waals surface area contributed by atoms with Gasteiger partial charge in [0.25, 0.3) is 0 Å². The maximum absolute atomic E-state index is 12.8. The highest BCUT2D eigenvalue weighted by Crippen LogP contribution is 2.21. The smallest absolute Gasteiger partial charge is 0.357 e. The van der Waals surface area contributed by atoms with Crippen LogP contribution < -0.4 is 10.6 Å². The second kappa shape index (κ2) is 12.3. The molecule has 0 amide bonds. The molecule has 0 spiro atoms. The molecule has 0 aliphatic rings. The van der Waals surface area contributed by atoms with Gasteiger partial charge < -0.3 is 10.6 Å². The van der Waals surface area contributed by atoms with Gasteiger partial charge in [-0.25, -0.2) is 4.39 Å². The number of rotatable bonds is 8. The Morgan fingerprint density at radius 2 is 1.75 bits per heavy atom. The quantitative estimate of drug-likeness (QED) is 0.200. The van der Waals surface area contributed by atoms with Crippen molar-refractivity contribution in [3.63, 3.8) is 0 Å². The van der Waals surface area contributed by atoms with Gasteiger partial charge in [0.05, 0.1) is 0 Å². The number of nitrogens with one attached hydrogen (secondary N) is 2. The Balaban J connectivity index is 0.00000529. The van der Waals surface area contributed by atoms with E-state index in [-0.39, 0.29) is 36.2 Å². The van der Waals surface area contributed by atoms with Crippen molar-refractivity contribution in [3.8, 4) is 0 Å². The Morgan fingerprint density at radius 3 is 2.33 bits per heavy atom. The Kier molecular flexibility index (Phi) is 11.8. The minimum Gasteiger partial charge on any atom is -0.357 e. The van der Waals surface area contributed by atoms with Crippen LogP contribution in [-0.2, 0) is 6.42 Å². The van der Waals surface area contributed by atoms with E-state index < -0.39 is 12.6 Å². The summed E-state index contributed by atoms with van der Waals surface area (Å²) >= 11 is 0. The maximum atomic E-state index is 12.8. The van der Waals surface area contributed by atoms with Crippen molar-refractivity contribution in [2.45, 2.75) is 38.8 Å². The Hall–Kier alpha value is -1.06. The second-order valence-electron chi connectivity index (χ2n) is 5.14. The molecule has 3 nitrogen and oxygen atoms in total. The molecule has 2 N–H and O–H groups in total. The normalized spacial score (nSPS) is 11.8. The van der Waals surface area contributed by atoms with Gasteiger partial charge >= 0.3 is 6.18 Å². The summed E-state index contributed by atoms with van der Waals surface area (Å²) in [4.78, 5) is 4.25. The molecule has 0 aromatic heterocycles. The lowest BCUT2D eigenvalue weighted by Crippen LogP contribution is -2.38. The Morgan fingerprint density at radius 1 is 1.08 bits per heavy atom. The van der Waals surface area contributed by atoms with Crippen molar-refractivity contribution in [3.05, 3.63) is 35.6 Å². The molecule has 138 valence electrons. The summed E-state index contributed by atoms with van der Waals surface area (Å²) in [5.74, 6) is 0.317. The van der Waals surface area contributed by atoms with E-state index in [9.17, 15) is 17.6 Å². The van der Waals surface area contributed by atoms with Gasteiger partial charge in [0.15, 0.2) is 5.96 Å². The molecule has 1 rings (SSSR count). The minimum absolute atomic E-state index is 0. The summed E-state index contributed by atoms with van der Waals surface area (Å²) in [6.45, 7) is 3.55. The van der Waals surface area contributed by atoms with Crippen LogP contribution in [-0.4, -0.2) is 31.8 Å². The number of guanidine groups is 1. The van der Waals surface area contributed by atoms with Crippen LogP contribution in [0.1, 0.15) is 31.7 Å². The fourth-order valence-corrected chi connectivity index (χ4v) is 1.95. The van der Waals surface area contributed by atoms with Crippen LogP contribution in [0.3, 0.4) is 0 Å². The van der Waals surface area contributed by atoms with Gasteiger partial charge in [-0.15, -0.1) is 24.0 Å². The average molecular weight is 461 g/mol. The molecular weight excluding hydrogens is 437 g/mol. The third kappa shape index (κ3) is 11.5. The maximum Gasteiger partial charge on any atom is 0.389 e. The number of nitrogens with zero attached hydrogens (tertiary/aromatic N) is 1. The van der Waals surface area contributed by atoms with Gasteiger partial charge in [-0.05, 0) is 43.9 Å². The molecular formula is C16H24F4IN3. The molecule has 0 aliphatic carbocycles. The number of hydrogen-bond donors (Lipinski definition) is 2. The van der Waals surface area contributed by atoms with Crippen LogP contribution in [0.5, 0.6) is 0 Å².